The molecular formula is C16H13BrFNO4. The summed E-state index contributed by atoms with van der Waals surface area (Å²) in [6, 6.07) is 10.5. The highest BCUT2D eigenvalue weighted by atomic mass is 79.9. The molecule has 5 nitrogen and oxygen atoms in total. The van der Waals surface area contributed by atoms with Gasteiger partial charge in [-0.1, -0.05) is 22.0 Å². The molecule has 0 aliphatic rings. The van der Waals surface area contributed by atoms with Gasteiger partial charge in [-0.3, -0.25) is 4.79 Å². The topological polar surface area (TPSA) is 64.6 Å². The summed E-state index contributed by atoms with van der Waals surface area (Å²) >= 11 is 3.19. The van der Waals surface area contributed by atoms with Crippen LogP contribution in [-0.2, 0) is 9.53 Å². The molecular weight excluding hydrogens is 369 g/mol. The van der Waals surface area contributed by atoms with Crippen LogP contribution in [0.25, 0.3) is 0 Å². The summed E-state index contributed by atoms with van der Waals surface area (Å²) in [7, 11) is 1.26. The number of ether oxygens (including phenoxy) is 2. The van der Waals surface area contributed by atoms with E-state index in [0.717, 1.165) is 0 Å². The van der Waals surface area contributed by atoms with E-state index in [1.165, 1.54) is 31.4 Å². The van der Waals surface area contributed by atoms with Gasteiger partial charge in [0.05, 0.1) is 12.7 Å². The first kappa shape index (κ1) is 17.0. The zero-order chi connectivity index (χ0) is 16.8. The molecule has 23 heavy (non-hydrogen) atoms. The van der Waals surface area contributed by atoms with E-state index >= 15 is 0 Å². The molecule has 0 radical (unpaired) electrons. The summed E-state index contributed by atoms with van der Waals surface area (Å²) in [6.07, 6.45) is 0. The highest BCUT2D eigenvalue weighted by molar-refractivity contribution is 9.10. The third-order valence-corrected chi connectivity index (χ3v) is 3.34. The van der Waals surface area contributed by atoms with Crippen molar-refractivity contribution in [2.75, 3.05) is 19.0 Å². The van der Waals surface area contributed by atoms with Crippen molar-refractivity contribution in [3.63, 3.8) is 0 Å². The number of carbonyl (C=O) groups is 2. The summed E-state index contributed by atoms with van der Waals surface area (Å²) in [5.41, 5.74) is 0.331. The lowest BCUT2D eigenvalue weighted by atomic mass is 10.2. The van der Waals surface area contributed by atoms with E-state index in [0.29, 0.717) is 15.9 Å². The second kappa shape index (κ2) is 7.73. The van der Waals surface area contributed by atoms with Crippen LogP contribution in [-0.4, -0.2) is 25.6 Å². The van der Waals surface area contributed by atoms with Crippen molar-refractivity contribution in [3.05, 3.63) is 58.3 Å². The molecule has 0 saturated heterocycles. The van der Waals surface area contributed by atoms with Crippen LogP contribution in [0.3, 0.4) is 0 Å². The number of esters is 1. The smallest absolute Gasteiger partial charge is 0.343 e. The number of methoxy groups -OCH3 is 1. The Balaban J connectivity index is 2.09. The largest absolute Gasteiger partial charge is 0.482 e. The predicted molar refractivity (Wildman–Crippen MR) is 86.0 cm³/mol. The Labute approximate surface area is 140 Å². The summed E-state index contributed by atoms with van der Waals surface area (Å²) in [6.45, 7) is -0.242. The molecule has 2 aromatic rings. The van der Waals surface area contributed by atoms with Gasteiger partial charge in [-0.05, 0) is 30.3 Å². The van der Waals surface area contributed by atoms with Gasteiger partial charge < -0.3 is 14.8 Å². The first-order valence-electron chi connectivity index (χ1n) is 6.55. The van der Waals surface area contributed by atoms with Crippen molar-refractivity contribution in [2.24, 2.45) is 0 Å². The minimum absolute atomic E-state index is 0.0831. The van der Waals surface area contributed by atoms with Gasteiger partial charge in [0.15, 0.2) is 6.61 Å². The Morgan fingerprint density at radius 3 is 2.74 bits per heavy atom. The van der Waals surface area contributed by atoms with Gasteiger partial charge in [-0.2, -0.15) is 0 Å². The SMILES string of the molecule is COC(=O)COc1cccc(NC(=O)c2cc(Br)ccc2F)c1. The summed E-state index contributed by atoms with van der Waals surface area (Å²) in [4.78, 5) is 23.2. The molecule has 7 heteroatoms. The van der Waals surface area contributed by atoms with Crippen molar-refractivity contribution in [2.45, 2.75) is 0 Å². The molecule has 0 aromatic heterocycles. The lowest BCUT2D eigenvalue weighted by Crippen LogP contribution is -2.14. The van der Waals surface area contributed by atoms with Gasteiger partial charge >= 0.3 is 5.97 Å². The van der Waals surface area contributed by atoms with Gasteiger partial charge in [0, 0.05) is 16.2 Å². The Hall–Kier alpha value is -2.41. The summed E-state index contributed by atoms with van der Waals surface area (Å²) in [5, 5.41) is 2.57. The molecule has 0 spiro atoms. The molecule has 2 rings (SSSR count). The van der Waals surface area contributed by atoms with Gasteiger partial charge in [-0.25, -0.2) is 9.18 Å². The van der Waals surface area contributed by atoms with E-state index in [1.54, 1.807) is 18.2 Å². The molecule has 0 bridgehead atoms. The van der Waals surface area contributed by atoms with E-state index in [2.05, 4.69) is 26.0 Å². The third kappa shape index (κ3) is 4.79. The predicted octanol–water partition coefficient (Wildman–Crippen LogP) is 3.39. The lowest BCUT2D eigenvalue weighted by molar-refractivity contribution is -0.142. The lowest BCUT2D eigenvalue weighted by Gasteiger charge is -2.09. The van der Waals surface area contributed by atoms with Crippen molar-refractivity contribution in [3.8, 4) is 5.75 Å². The summed E-state index contributed by atoms with van der Waals surface area (Å²) < 4.78 is 24.0. The average molecular weight is 382 g/mol. The molecule has 0 unspecified atom stereocenters. The summed E-state index contributed by atoms with van der Waals surface area (Å²) in [5.74, 6) is -1.35. The Bertz CT molecular complexity index is 736. The number of hydrogen-bond donors (Lipinski definition) is 1. The van der Waals surface area contributed by atoms with E-state index in [1.807, 2.05) is 0 Å². The van der Waals surface area contributed by atoms with Gasteiger partial charge in [0.2, 0.25) is 0 Å². The fourth-order valence-electron chi connectivity index (χ4n) is 1.73. The maximum Gasteiger partial charge on any atom is 0.343 e. The number of carbonyl (C=O) groups excluding carboxylic acids is 2. The molecule has 2 aromatic carbocycles. The fourth-order valence-corrected chi connectivity index (χ4v) is 2.10. The van der Waals surface area contributed by atoms with Gasteiger partial charge in [0.25, 0.3) is 5.91 Å². The van der Waals surface area contributed by atoms with Crippen molar-refractivity contribution in [1.29, 1.82) is 0 Å². The van der Waals surface area contributed by atoms with Crippen LogP contribution in [0.5, 0.6) is 5.75 Å². The molecule has 120 valence electrons. The van der Waals surface area contributed by atoms with E-state index < -0.39 is 17.7 Å². The molecule has 0 aliphatic heterocycles. The van der Waals surface area contributed by atoms with Crippen LogP contribution in [0, 0.1) is 5.82 Å². The second-order valence-electron chi connectivity index (χ2n) is 4.47. The quantitative estimate of drug-likeness (QED) is 0.806. The van der Waals surface area contributed by atoms with Crippen LogP contribution in [0.15, 0.2) is 46.9 Å². The number of benzene rings is 2. The maximum absolute atomic E-state index is 13.7. The van der Waals surface area contributed by atoms with Gasteiger partial charge in [-0.15, -0.1) is 0 Å². The molecule has 0 saturated carbocycles. The van der Waals surface area contributed by atoms with E-state index in [4.69, 9.17) is 4.74 Å². The van der Waals surface area contributed by atoms with Gasteiger partial charge in [0.1, 0.15) is 11.6 Å². The number of nitrogens with one attached hydrogen (secondary N) is 1. The zero-order valence-corrected chi connectivity index (χ0v) is 13.7. The monoisotopic (exact) mass is 381 g/mol. The van der Waals surface area contributed by atoms with Crippen LogP contribution in [0.1, 0.15) is 10.4 Å². The molecule has 1 amide bonds. The van der Waals surface area contributed by atoms with Crippen molar-refractivity contribution >= 4 is 33.5 Å². The number of anilines is 1. The Morgan fingerprint density at radius 2 is 2.00 bits per heavy atom. The normalized spacial score (nSPS) is 10.0. The van der Waals surface area contributed by atoms with Crippen LogP contribution in [0.4, 0.5) is 10.1 Å². The van der Waals surface area contributed by atoms with Crippen LogP contribution < -0.4 is 10.1 Å². The molecule has 1 N–H and O–H groups in total. The first-order valence-corrected chi connectivity index (χ1v) is 7.35. The number of halogens is 2. The minimum Gasteiger partial charge on any atom is -0.482 e. The maximum atomic E-state index is 13.7. The number of amides is 1. The van der Waals surface area contributed by atoms with E-state index in [9.17, 15) is 14.0 Å². The molecule has 0 atom stereocenters. The molecule has 0 aliphatic carbocycles. The minimum atomic E-state index is -0.621. The standard InChI is InChI=1S/C16H13BrFNO4/c1-22-15(20)9-23-12-4-2-3-11(8-12)19-16(21)13-7-10(17)5-6-14(13)18/h2-8H,9H2,1H3,(H,19,21). The highest BCUT2D eigenvalue weighted by Gasteiger charge is 2.13. The van der Waals surface area contributed by atoms with Crippen molar-refractivity contribution < 1.29 is 23.5 Å². The Kier molecular flexibility index (Phi) is 5.70. The number of hydrogen-bond acceptors (Lipinski definition) is 4. The Morgan fingerprint density at radius 1 is 1.22 bits per heavy atom. The molecule has 0 heterocycles. The van der Waals surface area contributed by atoms with Crippen LogP contribution >= 0.6 is 15.9 Å². The van der Waals surface area contributed by atoms with Crippen molar-refractivity contribution in [1.82, 2.24) is 0 Å². The third-order valence-electron chi connectivity index (χ3n) is 2.85. The number of rotatable bonds is 5. The highest BCUT2D eigenvalue weighted by Crippen LogP contribution is 2.20. The molecule has 0 fully saturated rings. The second-order valence-corrected chi connectivity index (χ2v) is 5.39. The van der Waals surface area contributed by atoms with E-state index in [-0.39, 0.29) is 12.2 Å². The van der Waals surface area contributed by atoms with Crippen LogP contribution in [0.2, 0.25) is 0 Å². The first-order chi connectivity index (χ1) is 11.0. The zero-order valence-electron chi connectivity index (χ0n) is 12.1. The fraction of sp³-hybridized carbons (Fsp3) is 0.125. The average Bonchev–Trinajstić information content (AvgIpc) is 2.55.